The predicted molar refractivity (Wildman–Crippen MR) is 100 cm³/mol. The summed E-state index contributed by atoms with van der Waals surface area (Å²) in [7, 11) is 0. The fraction of sp³-hybridized carbons (Fsp3) is 0.550. The van der Waals surface area contributed by atoms with Crippen molar-refractivity contribution in [2.24, 2.45) is 0 Å². The molecular formula is C20H30NO3. The maximum atomic E-state index is 10.9. The van der Waals surface area contributed by atoms with Crippen molar-refractivity contribution in [2.45, 2.75) is 71.1 Å². The lowest BCUT2D eigenvalue weighted by molar-refractivity contribution is -0.427. The summed E-state index contributed by atoms with van der Waals surface area (Å²) >= 11 is 0. The number of hydrogen-bond donors (Lipinski definition) is 0. The summed E-state index contributed by atoms with van der Waals surface area (Å²) in [5, 5.41) is 10.9. The smallest absolute Gasteiger partial charge is 0.246 e. The first-order valence-corrected chi connectivity index (χ1v) is 8.85. The van der Waals surface area contributed by atoms with Crippen LogP contribution in [0, 0.1) is 10.1 Å². The standard InChI is InChI=1S/C20H30NO3/c1-2-3-4-5-6-7-8-9-10-11-12-14-17-20(21(23)24)18-15-13-16-19-22/h6-7,9-10,12,14,18H,2-5,8,11,13,15-17H2,1H3/b7-6-,10-9-,14-12-,20-18+. The first-order chi connectivity index (χ1) is 11.7. The Labute approximate surface area is 146 Å². The van der Waals surface area contributed by atoms with Gasteiger partial charge in [-0.3, -0.25) is 14.9 Å². The second-order valence-electron chi connectivity index (χ2n) is 5.57. The van der Waals surface area contributed by atoms with E-state index in [2.05, 4.69) is 31.2 Å². The molecule has 0 heterocycles. The van der Waals surface area contributed by atoms with Crippen LogP contribution in [0.1, 0.15) is 71.1 Å². The molecule has 0 fully saturated rings. The Balaban J connectivity index is 3.89. The molecule has 0 saturated heterocycles. The fourth-order valence-electron chi connectivity index (χ4n) is 2.05. The molecule has 0 aromatic carbocycles. The van der Waals surface area contributed by atoms with E-state index in [1.165, 1.54) is 19.3 Å². The number of hydrogen-bond acceptors (Lipinski definition) is 3. The minimum Gasteiger partial charge on any atom is -0.291 e. The molecule has 4 heteroatoms. The molecule has 0 aromatic rings. The van der Waals surface area contributed by atoms with Gasteiger partial charge >= 0.3 is 0 Å². The third kappa shape index (κ3) is 14.9. The number of nitrogens with zero attached hydrogens (tertiary/aromatic N) is 1. The molecule has 0 atom stereocenters. The molecule has 0 saturated carbocycles. The van der Waals surface area contributed by atoms with Crippen molar-refractivity contribution in [3.05, 3.63) is 58.3 Å². The summed E-state index contributed by atoms with van der Waals surface area (Å²) in [5.41, 5.74) is 0.191. The molecular weight excluding hydrogens is 302 g/mol. The number of unbranched alkanes of at least 4 members (excludes halogenated alkanes) is 5. The molecule has 0 spiro atoms. The van der Waals surface area contributed by atoms with Gasteiger partial charge in [0.05, 0.1) is 11.3 Å². The van der Waals surface area contributed by atoms with Crippen molar-refractivity contribution in [1.82, 2.24) is 0 Å². The van der Waals surface area contributed by atoms with Gasteiger partial charge in [-0.15, -0.1) is 0 Å². The topological polar surface area (TPSA) is 60.2 Å². The molecule has 0 aliphatic rings. The Hall–Kier alpha value is -1.97. The van der Waals surface area contributed by atoms with Gasteiger partial charge in [0.1, 0.15) is 0 Å². The van der Waals surface area contributed by atoms with E-state index in [0.29, 0.717) is 25.7 Å². The normalized spacial score (nSPS) is 12.6. The van der Waals surface area contributed by atoms with Gasteiger partial charge < -0.3 is 0 Å². The molecule has 0 rings (SSSR count). The Kier molecular flexibility index (Phi) is 16.0. The summed E-state index contributed by atoms with van der Waals surface area (Å²) in [5.74, 6) is 0. The van der Waals surface area contributed by atoms with Crippen molar-refractivity contribution in [1.29, 1.82) is 0 Å². The molecule has 0 aromatic heterocycles. The summed E-state index contributed by atoms with van der Waals surface area (Å²) in [6.45, 7) is 2.21. The Bertz CT molecular complexity index is 448. The molecule has 0 amide bonds. The zero-order chi connectivity index (χ0) is 17.9. The van der Waals surface area contributed by atoms with Crippen LogP contribution in [0.5, 0.6) is 0 Å². The maximum Gasteiger partial charge on any atom is 0.246 e. The molecule has 0 aliphatic heterocycles. The van der Waals surface area contributed by atoms with E-state index in [4.69, 9.17) is 0 Å². The van der Waals surface area contributed by atoms with Crippen molar-refractivity contribution in [2.75, 3.05) is 0 Å². The average molecular weight is 332 g/mol. The number of carbonyl (C=O) groups excluding carboxylic acids is 1. The van der Waals surface area contributed by atoms with Gasteiger partial charge in [0.2, 0.25) is 5.70 Å². The lowest BCUT2D eigenvalue weighted by Crippen LogP contribution is -1.97. The SMILES string of the molecule is CCCCC/C=C\C/C=C\C/C=C\C/C(=C\CCC[C]=O)[N+](=O)[O-]. The fourth-order valence-corrected chi connectivity index (χ4v) is 2.05. The first-order valence-electron chi connectivity index (χ1n) is 8.85. The quantitative estimate of drug-likeness (QED) is 0.164. The van der Waals surface area contributed by atoms with Crippen molar-refractivity contribution in [3.8, 4) is 0 Å². The highest BCUT2D eigenvalue weighted by molar-refractivity contribution is 5.50. The van der Waals surface area contributed by atoms with Crippen LogP contribution in [0.3, 0.4) is 0 Å². The van der Waals surface area contributed by atoms with E-state index in [-0.39, 0.29) is 10.6 Å². The monoisotopic (exact) mass is 332 g/mol. The molecule has 0 aliphatic carbocycles. The lowest BCUT2D eigenvalue weighted by Gasteiger charge is -1.94. The van der Waals surface area contributed by atoms with Crippen LogP contribution >= 0.6 is 0 Å². The molecule has 0 unspecified atom stereocenters. The molecule has 0 bridgehead atoms. The van der Waals surface area contributed by atoms with Gasteiger partial charge in [0.15, 0.2) is 6.29 Å². The Morgan fingerprint density at radius 3 is 2.25 bits per heavy atom. The van der Waals surface area contributed by atoms with Crippen molar-refractivity contribution >= 4 is 6.29 Å². The van der Waals surface area contributed by atoms with Gasteiger partial charge in [-0.2, -0.15) is 0 Å². The minimum absolute atomic E-state index is 0.191. The summed E-state index contributed by atoms with van der Waals surface area (Å²) in [6.07, 6.45) is 24.2. The third-order valence-corrected chi connectivity index (χ3v) is 3.44. The van der Waals surface area contributed by atoms with Crippen molar-refractivity contribution in [3.63, 3.8) is 0 Å². The molecule has 133 valence electrons. The van der Waals surface area contributed by atoms with Crippen LogP contribution in [0.25, 0.3) is 0 Å². The molecule has 4 nitrogen and oxygen atoms in total. The van der Waals surface area contributed by atoms with Gasteiger partial charge in [-0.25, -0.2) is 0 Å². The molecule has 1 radical (unpaired) electrons. The van der Waals surface area contributed by atoms with Crippen LogP contribution < -0.4 is 0 Å². The summed E-state index contributed by atoms with van der Waals surface area (Å²) < 4.78 is 0. The Morgan fingerprint density at radius 2 is 1.62 bits per heavy atom. The summed E-state index contributed by atoms with van der Waals surface area (Å²) in [6, 6.07) is 0. The van der Waals surface area contributed by atoms with Crippen LogP contribution in [-0.2, 0) is 4.79 Å². The van der Waals surface area contributed by atoms with E-state index in [0.717, 1.165) is 19.3 Å². The van der Waals surface area contributed by atoms with Crippen LogP contribution in [0.15, 0.2) is 48.2 Å². The van der Waals surface area contributed by atoms with Crippen LogP contribution in [0.4, 0.5) is 0 Å². The van der Waals surface area contributed by atoms with E-state index in [1.807, 2.05) is 12.2 Å². The zero-order valence-electron chi connectivity index (χ0n) is 14.8. The van der Waals surface area contributed by atoms with Crippen LogP contribution in [0.2, 0.25) is 0 Å². The van der Waals surface area contributed by atoms with E-state index < -0.39 is 0 Å². The number of rotatable bonds is 15. The summed E-state index contributed by atoms with van der Waals surface area (Å²) in [4.78, 5) is 20.6. The van der Waals surface area contributed by atoms with Gasteiger partial charge in [0, 0.05) is 6.42 Å². The molecule has 0 N–H and O–H groups in total. The third-order valence-electron chi connectivity index (χ3n) is 3.44. The van der Waals surface area contributed by atoms with Crippen LogP contribution in [-0.4, -0.2) is 11.2 Å². The van der Waals surface area contributed by atoms with Gasteiger partial charge in [0.25, 0.3) is 0 Å². The van der Waals surface area contributed by atoms with E-state index in [9.17, 15) is 14.9 Å². The lowest BCUT2D eigenvalue weighted by atomic mass is 10.2. The highest BCUT2D eigenvalue weighted by Gasteiger charge is 2.06. The average Bonchev–Trinajstić information content (AvgIpc) is 2.57. The van der Waals surface area contributed by atoms with Gasteiger partial charge in [-0.05, 0) is 44.6 Å². The Morgan fingerprint density at radius 1 is 0.958 bits per heavy atom. The second-order valence-corrected chi connectivity index (χ2v) is 5.57. The van der Waals surface area contributed by atoms with Gasteiger partial charge in [-0.1, -0.05) is 56.2 Å². The highest BCUT2D eigenvalue weighted by Crippen LogP contribution is 2.08. The van der Waals surface area contributed by atoms with E-state index in [1.54, 1.807) is 12.4 Å². The largest absolute Gasteiger partial charge is 0.291 e. The first kappa shape index (κ1) is 22.0. The zero-order valence-corrected chi connectivity index (χ0v) is 14.8. The maximum absolute atomic E-state index is 10.9. The van der Waals surface area contributed by atoms with E-state index >= 15 is 0 Å². The van der Waals surface area contributed by atoms with Crippen molar-refractivity contribution < 1.29 is 9.72 Å². The minimum atomic E-state index is -0.353. The second kappa shape index (κ2) is 17.4. The highest BCUT2D eigenvalue weighted by atomic mass is 16.6. The number of nitro groups is 1. The molecule has 24 heavy (non-hydrogen) atoms. The predicted octanol–water partition coefficient (Wildman–Crippen LogP) is 5.85. The number of allylic oxidation sites excluding steroid dienone is 7.